The molecule has 0 aliphatic carbocycles. The molecule has 0 aromatic heterocycles. The fraction of sp³-hybridized carbons (Fsp3) is 0.538. The third-order valence-electron chi connectivity index (χ3n) is 2.81. The van der Waals surface area contributed by atoms with Crippen LogP contribution in [0.2, 0.25) is 0 Å². The number of ether oxygens (including phenoxy) is 1. The molecule has 0 radical (unpaired) electrons. The Morgan fingerprint density at radius 3 is 2.31 bits per heavy atom. The highest BCUT2D eigenvalue weighted by molar-refractivity contribution is 5.15. The molecule has 2 rings (SSSR count). The zero-order chi connectivity index (χ0) is 11.5. The van der Waals surface area contributed by atoms with Crippen molar-refractivity contribution in [2.24, 2.45) is 0 Å². The van der Waals surface area contributed by atoms with Gasteiger partial charge in [0, 0.05) is 19.6 Å². The van der Waals surface area contributed by atoms with E-state index in [0.717, 1.165) is 25.2 Å². The quantitative estimate of drug-likeness (QED) is 0.763. The lowest BCUT2D eigenvalue weighted by Crippen LogP contribution is -2.44. The van der Waals surface area contributed by atoms with Crippen molar-refractivity contribution < 1.29 is 9.13 Å². The molecule has 1 saturated heterocycles. The monoisotopic (exact) mass is 223 g/mol. The first-order chi connectivity index (χ1) is 7.63. The van der Waals surface area contributed by atoms with Crippen LogP contribution in [0.5, 0.6) is 0 Å². The number of rotatable bonds is 2. The number of hydrogen-bond donors (Lipinski definition) is 0. The summed E-state index contributed by atoms with van der Waals surface area (Å²) in [7, 11) is 0. The van der Waals surface area contributed by atoms with E-state index in [0.29, 0.717) is 0 Å². The highest BCUT2D eigenvalue weighted by atomic mass is 19.1. The van der Waals surface area contributed by atoms with Crippen LogP contribution < -0.4 is 0 Å². The van der Waals surface area contributed by atoms with E-state index >= 15 is 0 Å². The Morgan fingerprint density at radius 1 is 1.19 bits per heavy atom. The van der Waals surface area contributed by atoms with Crippen LogP contribution in [0, 0.1) is 5.82 Å². The molecular weight excluding hydrogens is 205 g/mol. The first-order valence-electron chi connectivity index (χ1n) is 5.76. The zero-order valence-electron chi connectivity index (χ0n) is 9.82. The summed E-state index contributed by atoms with van der Waals surface area (Å²) in [6.07, 6.45) is 0.563. The summed E-state index contributed by atoms with van der Waals surface area (Å²) in [5.41, 5.74) is 1.16. The maximum Gasteiger partial charge on any atom is 0.123 e. The molecule has 0 N–H and O–H groups in total. The molecule has 0 spiro atoms. The zero-order valence-corrected chi connectivity index (χ0v) is 9.82. The number of benzene rings is 1. The van der Waals surface area contributed by atoms with Crippen molar-refractivity contribution in [2.45, 2.75) is 32.6 Å². The summed E-state index contributed by atoms with van der Waals surface area (Å²) in [6, 6.07) is 6.73. The van der Waals surface area contributed by atoms with Crippen molar-refractivity contribution in [3.05, 3.63) is 35.6 Å². The number of morpholine rings is 1. The van der Waals surface area contributed by atoms with Crippen LogP contribution in [0.1, 0.15) is 19.4 Å². The molecule has 16 heavy (non-hydrogen) atoms. The molecule has 1 fully saturated rings. The van der Waals surface area contributed by atoms with Crippen LogP contribution >= 0.6 is 0 Å². The van der Waals surface area contributed by atoms with Gasteiger partial charge in [-0.1, -0.05) is 12.1 Å². The maximum atomic E-state index is 12.8. The smallest absolute Gasteiger partial charge is 0.123 e. The minimum atomic E-state index is -0.174. The standard InChI is InChI=1S/C13H18FNO/c1-10-7-15(8-11(2)16-10)9-12-3-5-13(14)6-4-12/h3-6,10-11H,7-9H2,1-2H3. The van der Waals surface area contributed by atoms with Gasteiger partial charge in [-0.25, -0.2) is 4.39 Å². The predicted molar refractivity (Wildman–Crippen MR) is 61.7 cm³/mol. The number of halogens is 1. The van der Waals surface area contributed by atoms with Gasteiger partial charge in [0.05, 0.1) is 12.2 Å². The highest BCUT2D eigenvalue weighted by Crippen LogP contribution is 2.14. The molecular formula is C13H18FNO. The van der Waals surface area contributed by atoms with Gasteiger partial charge in [-0.3, -0.25) is 4.90 Å². The summed E-state index contributed by atoms with van der Waals surface area (Å²) in [5.74, 6) is -0.174. The van der Waals surface area contributed by atoms with Crippen LogP contribution in [0.4, 0.5) is 4.39 Å². The SMILES string of the molecule is CC1CN(Cc2ccc(F)cc2)CC(C)O1. The van der Waals surface area contributed by atoms with E-state index in [9.17, 15) is 4.39 Å². The molecule has 2 unspecified atom stereocenters. The lowest BCUT2D eigenvalue weighted by atomic mass is 10.1. The van der Waals surface area contributed by atoms with Crippen LogP contribution in [-0.2, 0) is 11.3 Å². The minimum absolute atomic E-state index is 0.174. The van der Waals surface area contributed by atoms with Crippen molar-refractivity contribution in [2.75, 3.05) is 13.1 Å². The molecule has 1 heterocycles. The summed E-state index contributed by atoms with van der Waals surface area (Å²) in [4.78, 5) is 2.35. The average Bonchev–Trinajstić information content (AvgIpc) is 2.20. The molecule has 1 aliphatic heterocycles. The molecule has 88 valence electrons. The van der Waals surface area contributed by atoms with Crippen molar-refractivity contribution in [3.8, 4) is 0 Å². The van der Waals surface area contributed by atoms with Gasteiger partial charge < -0.3 is 4.74 Å². The summed E-state index contributed by atoms with van der Waals surface area (Å²) in [6.45, 7) is 6.95. The number of hydrogen-bond acceptors (Lipinski definition) is 2. The minimum Gasteiger partial charge on any atom is -0.373 e. The predicted octanol–water partition coefficient (Wildman–Crippen LogP) is 2.43. The van der Waals surface area contributed by atoms with Gasteiger partial charge in [0.1, 0.15) is 5.82 Å². The maximum absolute atomic E-state index is 12.8. The fourth-order valence-corrected chi connectivity index (χ4v) is 2.26. The van der Waals surface area contributed by atoms with Crippen LogP contribution in [0.3, 0.4) is 0 Å². The topological polar surface area (TPSA) is 12.5 Å². The fourth-order valence-electron chi connectivity index (χ4n) is 2.26. The Kier molecular flexibility index (Phi) is 3.56. The average molecular weight is 223 g/mol. The van der Waals surface area contributed by atoms with Gasteiger partial charge in [0.15, 0.2) is 0 Å². The van der Waals surface area contributed by atoms with Gasteiger partial charge in [-0.15, -0.1) is 0 Å². The van der Waals surface area contributed by atoms with Crippen molar-refractivity contribution in [1.29, 1.82) is 0 Å². The Balaban J connectivity index is 1.96. The molecule has 2 nitrogen and oxygen atoms in total. The van der Waals surface area contributed by atoms with E-state index in [1.807, 2.05) is 12.1 Å². The van der Waals surface area contributed by atoms with Crippen molar-refractivity contribution >= 4 is 0 Å². The van der Waals surface area contributed by atoms with E-state index in [2.05, 4.69) is 18.7 Å². The van der Waals surface area contributed by atoms with E-state index in [1.165, 1.54) is 12.1 Å². The van der Waals surface area contributed by atoms with Gasteiger partial charge in [-0.05, 0) is 31.5 Å². The second kappa shape index (κ2) is 4.93. The second-order valence-electron chi connectivity index (χ2n) is 4.58. The normalized spacial score (nSPS) is 26.9. The van der Waals surface area contributed by atoms with Gasteiger partial charge in [-0.2, -0.15) is 0 Å². The van der Waals surface area contributed by atoms with E-state index in [4.69, 9.17) is 4.74 Å². The van der Waals surface area contributed by atoms with E-state index < -0.39 is 0 Å². The molecule has 2 atom stereocenters. The third kappa shape index (κ3) is 3.03. The second-order valence-corrected chi connectivity index (χ2v) is 4.58. The van der Waals surface area contributed by atoms with Gasteiger partial charge in [0.25, 0.3) is 0 Å². The van der Waals surface area contributed by atoms with E-state index in [1.54, 1.807) is 0 Å². The molecule has 1 aliphatic rings. The molecule has 0 bridgehead atoms. The number of nitrogens with zero attached hydrogens (tertiary/aromatic N) is 1. The first kappa shape index (κ1) is 11.6. The van der Waals surface area contributed by atoms with Gasteiger partial charge >= 0.3 is 0 Å². The summed E-state index contributed by atoms with van der Waals surface area (Å²) in [5, 5.41) is 0. The molecule has 0 saturated carbocycles. The lowest BCUT2D eigenvalue weighted by molar-refractivity contribution is -0.0704. The Bertz CT molecular complexity index is 328. The van der Waals surface area contributed by atoms with Crippen LogP contribution in [0.15, 0.2) is 24.3 Å². The molecule has 1 aromatic rings. The molecule has 1 aromatic carbocycles. The molecule has 0 amide bonds. The van der Waals surface area contributed by atoms with Crippen LogP contribution in [-0.4, -0.2) is 30.2 Å². The summed E-state index contributed by atoms with van der Waals surface area (Å²) >= 11 is 0. The Labute approximate surface area is 96.0 Å². The largest absolute Gasteiger partial charge is 0.373 e. The van der Waals surface area contributed by atoms with Gasteiger partial charge in [0.2, 0.25) is 0 Å². The van der Waals surface area contributed by atoms with Crippen LogP contribution in [0.25, 0.3) is 0 Å². The van der Waals surface area contributed by atoms with Crippen molar-refractivity contribution in [3.63, 3.8) is 0 Å². The summed E-state index contributed by atoms with van der Waals surface area (Å²) < 4.78 is 18.4. The lowest BCUT2D eigenvalue weighted by Gasteiger charge is -2.35. The Hall–Kier alpha value is -0.930. The molecule has 3 heteroatoms. The third-order valence-corrected chi connectivity index (χ3v) is 2.81. The van der Waals surface area contributed by atoms with Crippen molar-refractivity contribution in [1.82, 2.24) is 4.90 Å². The highest BCUT2D eigenvalue weighted by Gasteiger charge is 2.21. The van der Waals surface area contributed by atoms with E-state index in [-0.39, 0.29) is 18.0 Å². The Morgan fingerprint density at radius 2 is 1.75 bits per heavy atom. The first-order valence-corrected chi connectivity index (χ1v) is 5.76.